The molecule has 3 N–H and O–H groups in total. The van der Waals surface area contributed by atoms with Gasteiger partial charge in [-0.3, -0.25) is 37.3 Å². The van der Waals surface area contributed by atoms with Crippen molar-refractivity contribution in [1.82, 2.24) is 0 Å². The molecular weight excluding hydrogens is 1260 g/mol. The summed E-state index contributed by atoms with van der Waals surface area (Å²) in [6, 6.07) is 0. The van der Waals surface area contributed by atoms with E-state index in [4.69, 9.17) is 37.0 Å². The van der Waals surface area contributed by atoms with E-state index in [1.807, 2.05) is 0 Å². The molecule has 5 atom stereocenters. The number of hydrogen-bond donors (Lipinski definition) is 3. The van der Waals surface area contributed by atoms with Crippen LogP contribution in [0.25, 0.3) is 0 Å². The maximum Gasteiger partial charge on any atom is 0.472 e. The van der Waals surface area contributed by atoms with Crippen molar-refractivity contribution in [3.63, 3.8) is 0 Å². The van der Waals surface area contributed by atoms with Crippen LogP contribution in [-0.2, 0) is 65.4 Å². The lowest BCUT2D eigenvalue weighted by atomic mass is 10.0. The number of aliphatic hydroxyl groups is 1. The Balaban J connectivity index is 5.13. The second kappa shape index (κ2) is 70.1. The molecule has 0 aromatic heterocycles. The molecule has 0 amide bonds. The zero-order valence-electron chi connectivity index (χ0n) is 62.5. The highest BCUT2D eigenvalue weighted by atomic mass is 31.2. The molecule has 2 unspecified atom stereocenters. The van der Waals surface area contributed by atoms with Gasteiger partial charge in [0.2, 0.25) is 0 Å². The van der Waals surface area contributed by atoms with Crippen LogP contribution >= 0.6 is 15.6 Å². The zero-order chi connectivity index (χ0) is 70.5. The first kappa shape index (κ1) is 94.1. The summed E-state index contributed by atoms with van der Waals surface area (Å²) in [5.74, 6) is -1.32. The third-order valence-electron chi connectivity index (χ3n) is 18.0. The zero-order valence-corrected chi connectivity index (χ0v) is 64.3. The number of ether oxygens (including phenoxy) is 4. The molecule has 0 aliphatic heterocycles. The summed E-state index contributed by atoms with van der Waals surface area (Å²) in [5, 5.41) is 10.6. The van der Waals surface area contributed by atoms with Gasteiger partial charge >= 0.3 is 39.5 Å². The van der Waals surface area contributed by atoms with E-state index in [0.29, 0.717) is 25.7 Å². The fourth-order valence-corrected chi connectivity index (χ4v) is 13.5. The molecule has 0 aliphatic carbocycles. The maximum atomic E-state index is 13.1. The largest absolute Gasteiger partial charge is 0.472 e. The van der Waals surface area contributed by atoms with Crippen LogP contribution in [0.1, 0.15) is 407 Å². The van der Waals surface area contributed by atoms with E-state index in [0.717, 1.165) is 102 Å². The summed E-state index contributed by atoms with van der Waals surface area (Å²) in [4.78, 5) is 72.6. The van der Waals surface area contributed by atoms with E-state index in [-0.39, 0.29) is 25.7 Å². The third-order valence-corrected chi connectivity index (χ3v) is 19.9. The van der Waals surface area contributed by atoms with Gasteiger partial charge in [0, 0.05) is 25.7 Å². The molecule has 0 radical (unpaired) electrons. The lowest BCUT2D eigenvalue weighted by molar-refractivity contribution is -0.161. The summed E-state index contributed by atoms with van der Waals surface area (Å²) < 4.78 is 68.3. The van der Waals surface area contributed by atoms with E-state index in [1.165, 1.54) is 225 Å². The molecule has 0 saturated carbocycles. The van der Waals surface area contributed by atoms with Crippen molar-refractivity contribution in [2.45, 2.75) is 425 Å². The predicted molar refractivity (Wildman–Crippen MR) is 391 cm³/mol. The predicted octanol–water partition coefficient (Wildman–Crippen LogP) is 22.9. The molecule has 0 aliphatic rings. The van der Waals surface area contributed by atoms with Gasteiger partial charge in [0.1, 0.15) is 19.3 Å². The lowest BCUT2D eigenvalue weighted by Gasteiger charge is -2.21. The van der Waals surface area contributed by atoms with Gasteiger partial charge in [0.05, 0.1) is 26.4 Å². The molecule has 0 spiro atoms. The summed E-state index contributed by atoms with van der Waals surface area (Å²) in [6.07, 6.45) is 60.1. The van der Waals surface area contributed by atoms with E-state index >= 15 is 0 Å². The number of hydrogen-bond acceptors (Lipinski definition) is 15. The molecule has 19 heteroatoms. The Morgan fingerprint density at radius 3 is 0.708 bits per heavy atom. The molecule has 0 aromatic carbocycles. The number of rotatable bonds is 77. The van der Waals surface area contributed by atoms with Gasteiger partial charge in [-0.25, -0.2) is 9.13 Å². The topological polar surface area (TPSA) is 237 Å². The summed E-state index contributed by atoms with van der Waals surface area (Å²) in [7, 11) is -9.90. The van der Waals surface area contributed by atoms with Gasteiger partial charge < -0.3 is 33.8 Å². The van der Waals surface area contributed by atoms with E-state index in [2.05, 4.69) is 34.6 Å². The van der Waals surface area contributed by atoms with Crippen LogP contribution in [0.4, 0.5) is 0 Å². The highest BCUT2D eigenvalue weighted by Crippen LogP contribution is 2.45. The highest BCUT2D eigenvalue weighted by Gasteiger charge is 2.30. The standard InChI is InChI=1S/C77H150O17P2/c1-6-9-12-15-17-19-21-23-25-26-27-28-29-30-36-40-44-48-53-58-63-77(82)94-73(67-88-75(80)61-56-51-46-42-38-35-32-31-33-37-41-45-50-54-59-70(4)5)69-92-96(85,86)90-65-71(78)64-89-95(83,84)91-68-72(66-87-74(79)60-55-49-14-11-8-3)93-76(81)62-57-52-47-43-39-34-24-22-20-18-16-13-10-7-2/h70-73,78H,6-69H2,1-5H3,(H,83,84)(H,85,86)/t71-,72+,73+/m0/s1. The van der Waals surface area contributed by atoms with E-state index < -0.39 is 97.5 Å². The smallest absolute Gasteiger partial charge is 0.462 e. The molecular formula is C77H150O17P2. The van der Waals surface area contributed by atoms with Crippen LogP contribution in [0.15, 0.2) is 0 Å². The molecule has 0 saturated heterocycles. The Morgan fingerprint density at radius 1 is 0.281 bits per heavy atom. The fraction of sp³-hybridized carbons (Fsp3) is 0.948. The Kier molecular flexibility index (Phi) is 68.7. The van der Waals surface area contributed by atoms with Crippen molar-refractivity contribution < 1.29 is 80.2 Å². The van der Waals surface area contributed by atoms with Crippen molar-refractivity contribution in [3.8, 4) is 0 Å². The minimum Gasteiger partial charge on any atom is -0.462 e. The number of phosphoric acid groups is 2. The van der Waals surface area contributed by atoms with Crippen molar-refractivity contribution in [2.75, 3.05) is 39.6 Å². The van der Waals surface area contributed by atoms with Crippen LogP contribution in [0.5, 0.6) is 0 Å². The lowest BCUT2D eigenvalue weighted by Crippen LogP contribution is -2.30. The number of carbonyl (C=O) groups excluding carboxylic acids is 4. The average Bonchev–Trinajstić information content (AvgIpc) is 1.12. The molecule has 0 fully saturated rings. The average molecular weight is 1410 g/mol. The van der Waals surface area contributed by atoms with Crippen molar-refractivity contribution in [2.24, 2.45) is 5.92 Å². The normalized spacial score (nSPS) is 13.9. The molecule has 0 heterocycles. The van der Waals surface area contributed by atoms with Crippen LogP contribution in [0, 0.1) is 5.92 Å². The first-order chi connectivity index (χ1) is 46.5. The monoisotopic (exact) mass is 1410 g/mol. The Hall–Kier alpha value is -1.94. The van der Waals surface area contributed by atoms with Gasteiger partial charge in [-0.15, -0.1) is 0 Å². The fourth-order valence-electron chi connectivity index (χ4n) is 11.9. The van der Waals surface area contributed by atoms with Gasteiger partial charge in [0.25, 0.3) is 0 Å². The second-order valence-electron chi connectivity index (χ2n) is 28.2. The van der Waals surface area contributed by atoms with Gasteiger partial charge in [0.15, 0.2) is 12.2 Å². The minimum atomic E-state index is -4.96. The number of unbranched alkanes of at least 4 members (excludes halogenated alkanes) is 49. The molecule has 0 aromatic rings. The van der Waals surface area contributed by atoms with E-state index in [9.17, 15) is 43.2 Å². The highest BCUT2D eigenvalue weighted by molar-refractivity contribution is 7.47. The maximum absolute atomic E-state index is 13.1. The molecule has 0 rings (SSSR count). The number of phosphoric ester groups is 2. The number of aliphatic hydroxyl groups excluding tert-OH is 1. The van der Waals surface area contributed by atoms with Crippen LogP contribution in [0.2, 0.25) is 0 Å². The number of carbonyl (C=O) groups is 4. The SMILES string of the molecule is CCCCCCCCCCCCCCCCCCCCCCC(=O)O[C@H](COC(=O)CCCCCCCCCCCCCCCCC(C)C)COP(=O)(O)OC[C@@H](O)COP(=O)(O)OC[C@@H](COC(=O)CCCCCCC)OC(=O)CCCCCCCCCCCCCCCC. The first-order valence-corrected chi connectivity index (χ1v) is 43.1. The van der Waals surface area contributed by atoms with Crippen LogP contribution in [-0.4, -0.2) is 96.7 Å². The second-order valence-corrected chi connectivity index (χ2v) is 31.1. The molecule has 17 nitrogen and oxygen atoms in total. The summed E-state index contributed by atoms with van der Waals surface area (Å²) in [6.45, 7) is 7.24. The Labute approximate surface area is 588 Å². The first-order valence-electron chi connectivity index (χ1n) is 40.1. The van der Waals surface area contributed by atoms with Crippen molar-refractivity contribution in [3.05, 3.63) is 0 Å². The summed E-state index contributed by atoms with van der Waals surface area (Å²) in [5.41, 5.74) is 0. The van der Waals surface area contributed by atoms with Gasteiger partial charge in [-0.1, -0.05) is 356 Å². The van der Waals surface area contributed by atoms with Crippen LogP contribution in [0.3, 0.4) is 0 Å². The van der Waals surface area contributed by atoms with Gasteiger partial charge in [-0.2, -0.15) is 0 Å². The van der Waals surface area contributed by atoms with E-state index in [1.54, 1.807) is 0 Å². The molecule has 570 valence electrons. The Bertz CT molecular complexity index is 1840. The van der Waals surface area contributed by atoms with Crippen molar-refractivity contribution >= 4 is 39.5 Å². The van der Waals surface area contributed by atoms with Crippen molar-refractivity contribution in [1.29, 1.82) is 0 Å². The summed E-state index contributed by atoms with van der Waals surface area (Å²) >= 11 is 0. The Morgan fingerprint density at radius 2 is 0.479 bits per heavy atom. The van der Waals surface area contributed by atoms with Gasteiger partial charge in [-0.05, 0) is 31.6 Å². The number of esters is 4. The quantitative estimate of drug-likeness (QED) is 0.0222. The third kappa shape index (κ3) is 70.5. The minimum absolute atomic E-state index is 0.107. The van der Waals surface area contributed by atoms with Crippen LogP contribution < -0.4 is 0 Å². The molecule has 96 heavy (non-hydrogen) atoms. The molecule has 0 bridgehead atoms.